The molecule has 0 bridgehead atoms. The zero-order valence-electron chi connectivity index (χ0n) is 10.9. The maximum Gasteiger partial charge on any atom is 0.300 e. The summed E-state index contributed by atoms with van der Waals surface area (Å²) in [6.45, 7) is 4.10. The van der Waals surface area contributed by atoms with Gasteiger partial charge in [0.25, 0.3) is 0 Å². The number of carbonyl (C=O) groups excluding carboxylic acids is 1. The summed E-state index contributed by atoms with van der Waals surface area (Å²) in [5.41, 5.74) is 3.91. The lowest BCUT2D eigenvalue weighted by Gasteiger charge is -2.07. The number of nitrogens with one attached hydrogen (secondary N) is 1. The van der Waals surface area contributed by atoms with Crippen molar-refractivity contribution in [1.29, 1.82) is 0 Å². The third-order valence-electron chi connectivity index (χ3n) is 2.85. The zero-order valence-corrected chi connectivity index (χ0v) is 10.9. The Labute approximate surface area is 111 Å². The Morgan fingerprint density at radius 1 is 1.37 bits per heavy atom. The van der Waals surface area contributed by atoms with Gasteiger partial charge < -0.3 is 9.15 Å². The Morgan fingerprint density at radius 3 is 2.79 bits per heavy atom. The highest BCUT2D eigenvalue weighted by Gasteiger charge is 2.13. The summed E-state index contributed by atoms with van der Waals surface area (Å²) in [6.07, 6.45) is 0. The second-order valence-electron chi connectivity index (χ2n) is 4.22. The molecule has 2 aromatic rings. The Morgan fingerprint density at radius 2 is 2.11 bits per heavy atom. The van der Waals surface area contributed by atoms with Crippen LogP contribution in [0, 0.1) is 13.8 Å². The second-order valence-corrected chi connectivity index (χ2v) is 4.22. The third kappa shape index (κ3) is 2.95. The van der Waals surface area contributed by atoms with Gasteiger partial charge in [0.05, 0.1) is 0 Å². The van der Waals surface area contributed by atoms with Gasteiger partial charge in [-0.15, -0.1) is 0 Å². The minimum absolute atomic E-state index is 0.184. The van der Waals surface area contributed by atoms with E-state index in [1.807, 2.05) is 36.6 Å². The second kappa shape index (κ2) is 5.58. The number of furan rings is 1. The Kier molecular flexibility index (Phi) is 3.87. The van der Waals surface area contributed by atoms with Crippen LogP contribution in [0.2, 0.25) is 0 Å². The number of hydrogen-bond donors (Lipinski definition) is 2. The molecule has 5 heteroatoms. The molecule has 0 fully saturated rings. The van der Waals surface area contributed by atoms with Gasteiger partial charge in [0, 0.05) is 5.56 Å². The summed E-state index contributed by atoms with van der Waals surface area (Å²) in [5, 5.41) is 0. The first kappa shape index (κ1) is 13.2. The SMILES string of the molecule is Cc1ccccc1OCc1cc(C(=O)NN)oc1C. The number of ether oxygens (including phenoxy) is 1. The number of aryl methyl sites for hydroxylation is 2. The van der Waals surface area contributed by atoms with E-state index >= 15 is 0 Å². The number of nitrogen functional groups attached to an aromatic ring is 1. The summed E-state index contributed by atoms with van der Waals surface area (Å²) in [4.78, 5) is 11.3. The van der Waals surface area contributed by atoms with E-state index in [9.17, 15) is 4.79 Å². The van der Waals surface area contributed by atoms with E-state index in [4.69, 9.17) is 15.0 Å². The summed E-state index contributed by atoms with van der Waals surface area (Å²) in [7, 11) is 0. The number of amides is 1. The molecule has 3 N–H and O–H groups in total. The predicted molar refractivity (Wildman–Crippen MR) is 70.6 cm³/mol. The maximum atomic E-state index is 11.3. The Balaban J connectivity index is 2.10. The molecule has 1 amide bonds. The summed E-state index contributed by atoms with van der Waals surface area (Å²) < 4.78 is 11.0. The molecule has 0 atom stereocenters. The van der Waals surface area contributed by atoms with Crippen molar-refractivity contribution in [3.63, 3.8) is 0 Å². The zero-order chi connectivity index (χ0) is 13.8. The summed E-state index contributed by atoms with van der Waals surface area (Å²) in [6, 6.07) is 9.38. The molecule has 1 aromatic carbocycles. The summed E-state index contributed by atoms with van der Waals surface area (Å²) >= 11 is 0. The lowest BCUT2D eigenvalue weighted by Crippen LogP contribution is -2.29. The quantitative estimate of drug-likeness (QED) is 0.501. The highest BCUT2D eigenvalue weighted by molar-refractivity contribution is 5.91. The fourth-order valence-electron chi connectivity index (χ4n) is 1.72. The lowest BCUT2D eigenvalue weighted by atomic mass is 10.2. The van der Waals surface area contributed by atoms with Crippen molar-refractivity contribution < 1.29 is 13.9 Å². The van der Waals surface area contributed by atoms with Crippen LogP contribution in [0.4, 0.5) is 0 Å². The Bertz CT molecular complexity index is 590. The van der Waals surface area contributed by atoms with Gasteiger partial charge in [-0.1, -0.05) is 18.2 Å². The van der Waals surface area contributed by atoms with Gasteiger partial charge in [-0.2, -0.15) is 0 Å². The van der Waals surface area contributed by atoms with Crippen molar-refractivity contribution in [3.8, 4) is 5.75 Å². The number of hydrazine groups is 1. The summed E-state index contributed by atoms with van der Waals surface area (Å²) in [5.74, 6) is 6.25. The largest absolute Gasteiger partial charge is 0.489 e. The van der Waals surface area contributed by atoms with Gasteiger partial charge in [-0.25, -0.2) is 5.84 Å². The molecule has 0 unspecified atom stereocenters. The first-order chi connectivity index (χ1) is 9.11. The number of benzene rings is 1. The van der Waals surface area contributed by atoms with Crippen LogP contribution < -0.4 is 16.0 Å². The topological polar surface area (TPSA) is 77.5 Å². The molecular formula is C14H16N2O3. The maximum absolute atomic E-state index is 11.3. The number of nitrogens with two attached hydrogens (primary N) is 1. The number of hydrogen-bond acceptors (Lipinski definition) is 4. The van der Waals surface area contributed by atoms with E-state index in [-0.39, 0.29) is 5.76 Å². The highest BCUT2D eigenvalue weighted by atomic mass is 16.5. The fourth-order valence-corrected chi connectivity index (χ4v) is 1.72. The van der Waals surface area contributed by atoms with Crippen LogP contribution in [-0.2, 0) is 6.61 Å². The first-order valence-corrected chi connectivity index (χ1v) is 5.90. The first-order valence-electron chi connectivity index (χ1n) is 5.90. The average Bonchev–Trinajstić information content (AvgIpc) is 2.78. The van der Waals surface area contributed by atoms with Crippen molar-refractivity contribution in [1.82, 2.24) is 5.43 Å². The molecule has 1 heterocycles. The molecule has 0 radical (unpaired) electrons. The highest BCUT2D eigenvalue weighted by Crippen LogP contribution is 2.20. The average molecular weight is 260 g/mol. The van der Waals surface area contributed by atoms with Crippen LogP contribution >= 0.6 is 0 Å². The monoisotopic (exact) mass is 260 g/mol. The van der Waals surface area contributed by atoms with Gasteiger partial charge in [-0.05, 0) is 31.5 Å². The van der Waals surface area contributed by atoms with Gasteiger partial charge in [0.15, 0.2) is 5.76 Å². The molecule has 19 heavy (non-hydrogen) atoms. The van der Waals surface area contributed by atoms with E-state index < -0.39 is 5.91 Å². The lowest BCUT2D eigenvalue weighted by molar-refractivity contribution is 0.0924. The van der Waals surface area contributed by atoms with Gasteiger partial charge in [-0.3, -0.25) is 10.2 Å². The van der Waals surface area contributed by atoms with E-state index in [1.165, 1.54) is 0 Å². The molecule has 0 saturated carbocycles. The predicted octanol–water partition coefficient (Wildman–Crippen LogP) is 2.08. The van der Waals surface area contributed by atoms with Crippen LogP contribution in [0.1, 0.15) is 27.4 Å². The van der Waals surface area contributed by atoms with Gasteiger partial charge >= 0.3 is 5.91 Å². The van der Waals surface area contributed by atoms with E-state index in [0.29, 0.717) is 12.4 Å². The van der Waals surface area contributed by atoms with Crippen LogP contribution in [0.25, 0.3) is 0 Å². The minimum Gasteiger partial charge on any atom is -0.489 e. The molecule has 2 rings (SSSR count). The normalized spacial score (nSPS) is 10.3. The molecule has 1 aromatic heterocycles. The van der Waals surface area contributed by atoms with Crippen LogP contribution in [0.5, 0.6) is 5.75 Å². The Hall–Kier alpha value is -2.27. The number of carbonyl (C=O) groups is 1. The molecular weight excluding hydrogens is 244 g/mol. The van der Waals surface area contributed by atoms with Crippen LogP contribution in [0.15, 0.2) is 34.7 Å². The van der Waals surface area contributed by atoms with Crippen molar-refractivity contribution in [2.24, 2.45) is 5.84 Å². The van der Waals surface area contributed by atoms with Gasteiger partial charge in [0.2, 0.25) is 0 Å². The van der Waals surface area contributed by atoms with Crippen molar-refractivity contribution >= 4 is 5.91 Å². The third-order valence-corrected chi connectivity index (χ3v) is 2.85. The van der Waals surface area contributed by atoms with Crippen molar-refractivity contribution in [3.05, 3.63) is 53.0 Å². The van der Waals surface area contributed by atoms with Crippen molar-refractivity contribution in [2.45, 2.75) is 20.5 Å². The number of para-hydroxylation sites is 1. The fraction of sp³-hybridized carbons (Fsp3) is 0.214. The molecule has 0 aliphatic carbocycles. The van der Waals surface area contributed by atoms with E-state index in [2.05, 4.69) is 0 Å². The standard InChI is InChI=1S/C14H16N2O3/c1-9-5-3-4-6-12(9)18-8-11-7-13(14(17)16-15)19-10(11)2/h3-7H,8,15H2,1-2H3,(H,16,17). The van der Waals surface area contributed by atoms with Crippen LogP contribution in [0.3, 0.4) is 0 Å². The molecule has 100 valence electrons. The molecule has 0 saturated heterocycles. The molecule has 5 nitrogen and oxygen atoms in total. The van der Waals surface area contributed by atoms with Crippen LogP contribution in [-0.4, -0.2) is 5.91 Å². The van der Waals surface area contributed by atoms with Crippen molar-refractivity contribution in [2.75, 3.05) is 0 Å². The smallest absolute Gasteiger partial charge is 0.300 e. The van der Waals surface area contributed by atoms with Gasteiger partial charge in [0.1, 0.15) is 18.1 Å². The van der Waals surface area contributed by atoms with E-state index in [0.717, 1.165) is 16.9 Å². The molecule has 0 aliphatic rings. The number of rotatable bonds is 4. The molecule has 0 spiro atoms. The van der Waals surface area contributed by atoms with E-state index in [1.54, 1.807) is 13.0 Å². The molecule has 0 aliphatic heterocycles. The minimum atomic E-state index is -0.453.